The fourth-order valence-corrected chi connectivity index (χ4v) is 4.48. The number of aryl methyl sites for hydroxylation is 3. The van der Waals surface area contributed by atoms with Gasteiger partial charge in [-0.1, -0.05) is 11.8 Å². The molecule has 3 heterocycles. The van der Waals surface area contributed by atoms with Crippen molar-refractivity contribution in [3.63, 3.8) is 0 Å². The summed E-state index contributed by atoms with van der Waals surface area (Å²) in [6.07, 6.45) is 4.21. The fourth-order valence-electron chi connectivity index (χ4n) is 2.89. The predicted molar refractivity (Wildman–Crippen MR) is 92.6 cm³/mol. The molecule has 1 aliphatic rings. The van der Waals surface area contributed by atoms with E-state index in [0.717, 1.165) is 35.5 Å². The number of thioether (sulfide) groups is 1. The van der Waals surface area contributed by atoms with Crippen molar-refractivity contribution in [2.45, 2.75) is 44.4 Å². The van der Waals surface area contributed by atoms with Crippen LogP contribution in [0.2, 0.25) is 0 Å². The SMILES string of the molecule is CSc1nc2c(c(=O)n1CC=O)N[C@H](c1sc(C)nc1C)CC2. The molecule has 0 aliphatic carbocycles. The summed E-state index contributed by atoms with van der Waals surface area (Å²) in [5, 5.41) is 4.95. The van der Waals surface area contributed by atoms with Gasteiger partial charge < -0.3 is 10.1 Å². The van der Waals surface area contributed by atoms with Crippen LogP contribution in [0, 0.1) is 13.8 Å². The van der Waals surface area contributed by atoms with Crippen molar-refractivity contribution in [1.29, 1.82) is 0 Å². The molecule has 0 saturated carbocycles. The van der Waals surface area contributed by atoms with Crippen LogP contribution in [-0.2, 0) is 17.8 Å². The summed E-state index contributed by atoms with van der Waals surface area (Å²) in [4.78, 5) is 33.8. The second-order valence-corrected chi connectivity index (χ2v) is 7.43. The summed E-state index contributed by atoms with van der Waals surface area (Å²) in [7, 11) is 0. The van der Waals surface area contributed by atoms with E-state index in [0.29, 0.717) is 10.8 Å². The van der Waals surface area contributed by atoms with Crippen molar-refractivity contribution in [2.75, 3.05) is 11.6 Å². The average Bonchev–Trinajstić information content (AvgIpc) is 2.88. The number of hydrogen-bond donors (Lipinski definition) is 1. The highest BCUT2D eigenvalue weighted by atomic mass is 32.2. The molecular weight excluding hydrogens is 332 g/mol. The van der Waals surface area contributed by atoms with Gasteiger partial charge in [0, 0.05) is 4.88 Å². The van der Waals surface area contributed by atoms with Crippen molar-refractivity contribution in [3.05, 3.63) is 31.6 Å². The lowest BCUT2D eigenvalue weighted by atomic mass is 10.0. The monoisotopic (exact) mass is 350 g/mol. The Balaban J connectivity index is 2.03. The number of fused-ring (bicyclic) bond motifs is 1. The number of aromatic nitrogens is 3. The maximum absolute atomic E-state index is 12.7. The van der Waals surface area contributed by atoms with Crippen LogP contribution < -0.4 is 10.9 Å². The smallest absolute Gasteiger partial charge is 0.278 e. The van der Waals surface area contributed by atoms with Gasteiger partial charge in [0.25, 0.3) is 5.56 Å². The summed E-state index contributed by atoms with van der Waals surface area (Å²) in [5.74, 6) is 0. The number of carbonyl (C=O) groups is 1. The van der Waals surface area contributed by atoms with Gasteiger partial charge in [-0.15, -0.1) is 11.3 Å². The number of anilines is 1. The van der Waals surface area contributed by atoms with Crippen LogP contribution >= 0.6 is 23.1 Å². The van der Waals surface area contributed by atoms with Gasteiger partial charge in [-0.3, -0.25) is 9.36 Å². The van der Waals surface area contributed by atoms with Crippen LogP contribution in [0.3, 0.4) is 0 Å². The van der Waals surface area contributed by atoms with E-state index in [-0.39, 0.29) is 18.1 Å². The largest absolute Gasteiger partial charge is 0.371 e. The molecule has 0 fully saturated rings. The topological polar surface area (TPSA) is 76.9 Å². The van der Waals surface area contributed by atoms with Gasteiger partial charge in [-0.2, -0.15) is 0 Å². The first kappa shape index (κ1) is 16.2. The molecule has 1 atom stereocenters. The first-order valence-corrected chi connectivity index (χ1v) is 9.41. The van der Waals surface area contributed by atoms with Crippen molar-refractivity contribution in [1.82, 2.24) is 14.5 Å². The Hall–Kier alpha value is -1.67. The minimum absolute atomic E-state index is 0.0281. The lowest BCUT2D eigenvalue weighted by Crippen LogP contribution is -2.32. The van der Waals surface area contributed by atoms with Gasteiger partial charge in [0.05, 0.1) is 29.0 Å². The minimum atomic E-state index is -0.171. The Morgan fingerprint density at radius 2 is 2.22 bits per heavy atom. The Kier molecular flexibility index (Phi) is 4.54. The summed E-state index contributed by atoms with van der Waals surface area (Å²) < 4.78 is 1.43. The number of aldehydes is 1. The number of thiazole rings is 1. The van der Waals surface area contributed by atoms with E-state index in [1.807, 2.05) is 20.1 Å². The molecule has 8 heteroatoms. The quantitative estimate of drug-likeness (QED) is 0.518. The lowest BCUT2D eigenvalue weighted by Gasteiger charge is -2.26. The zero-order valence-electron chi connectivity index (χ0n) is 13.3. The first-order chi connectivity index (χ1) is 11.0. The maximum Gasteiger partial charge on any atom is 0.278 e. The van der Waals surface area contributed by atoms with Gasteiger partial charge in [0.2, 0.25) is 0 Å². The third kappa shape index (κ3) is 2.92. The Morgan fingerprint density at radius 1 is 1.43 bits per heavy atom. The summed E-state index contributed by atoms with van der Waals surface area (Å²) in [6, 6.07) is 0.0769. The summed E-state index contributed by atoms with van der Waals surface area (Å²) >= 11 is 3.04. The molecule has 0 saturated heterocycles. The molecule has 0 spiro atoms. The maximum atomic E-state index is 12.7. The highest BCUT2D eigenvalue weighted by molar-refractivity contribution is 7.98. The van der Waals surface area contributed by atoms with Gasteiger partial charge in [-0.05, 0) is 32.9 Å². The zero-order valence-corrected chi connectivity index (χ0v) is 14.9. The molecule has 0 amide bonds. The fraction of sp³-hybridized carbons (Fsp3) is 0.467. The third-order valence-electron chi connectivity index (χ3n) is 3.89. The van der Waals surface area contributed by atoms with E-state index in [1.165, 1.54) is 21.2 Å². The van der Waals surface area contributed by atoms with Gasteiger partial charge in [-0.25, -0.2) is 9.97 Å². The van der Waals surface area contributed by atoms with Gasteiger partial charge >= 0.3 is 0 Å². The van der Waals surface area contributed by atoms with E-state index in [4.69, 9.17) is 0 Å². The molecule has 1 aliphatic heterocycles. The van der Waals surface area contributed by atoms with E-state index in [1.54, 1.807) is 11.3 Å². The second-order valence-electron chi connectivity index (χ2n) is 5.42. The second kappa shape index (κ2) is 6.45. The van der Waals surface area contributed by atoms with Crippen LogP contribution in [0.4, 0.5) is 5.69 Å². The minimum Gasteiger partial charge on any atom is -0.371 e. The average molecular weight is 350 g/mol. The van der Waals surface area contributed by atoms with Crippen LogP contribution in [0.5, 0.6) is 0 Å². The molecule has 0 aromatic carbocycles. The third-order valence-corrected chi connectivity index (χ3v) is 5.76. The molecule has 0 unspecified atom stereocenters. The number of nitrogens with zero attached hydrogens (tertiary/aromatic N) is 3. The van der Waals surface area contributed by atoms with Crippen molar-refractivity contribution >= 4 is 35.1 Å². The Morgan fingerprint density at radius 3 is 2.83 bits per heavy atom. The number of rotatable bonds is 4. The number of nitrogens with one attached hydrogen (secondary N) is 1. The van der Waals surface area contributed by atoms with Crippen molar-refractivity contribution < 1.29 is 4.79 Å². The molecular formula is C15H18N4O2S2. The van der Waals surface area contributed by atoms with Crippen LogP contribution in [0.25, 0.3) is 0 Å². The predicted octanol–water partition coefficient (Wildman–Crippen LogP) is 2.34. The molecule has 0 bridgehead atoms. The number of carbonyl (C=O) groups excluding carboxylic acids is 1. The number of hydrogen-bond acceptors (Lipinski definition) is 7. The van der Waals surface area contributed by atoms with E-state index in [9.17, 15) is 9.59 Å². The molecule has 6 nitrogen and oxygen atoms in total. The molecule has 2 aromatic heterocycles. The van der Waals surface area contributed by atoms with E-state index < -0.39 is 0 Å². The Labute approximate surface area is 142 Å². The first-order valence-electron chi connectivity index (χ1n) is 7.37. The highest BCUT2D eigenvalue weighted by Gasteiger charge is 2.27. The normalized spacial score (nSPS) is 16.7. The summed E-state index contributed by atoms with van der Waals surface area (Å²) in [5.41, 5.74) is 2.15. The molecule has 1 N–H and O–H groups in total. The van der Waals surface area contributed by atoms with Crippen LogP contribution in [0.15, 0.2) is 9.95 Å². The van der Waals surface area contributed by atoms with Crippen molar-refractivity contribution in [2.24, 2.45) is 0 Å². The molecule has 0 radical (unpaired) electrons. The standard InChI is InChI=1S/C15H18N4O2S2/c1-8-13(23-9(2)16-8)11-5-4-10-12(17-11)14(21)19(6-7-20)15(18-10)22-3/h7,11,17H,4-6H2,1-3H3/t11-/m0/s1. The Bertz CT molecular complexity index is 813. The van der Waals surface area contributed by atoms with Crippen LogP contribution in [-0.4, -0.2) is 27.1 Å². The molecule has 3 rings (SSSR count). The zero-order chi connectivity index (χ0) is 16.6. The highest BCUT2D eigenvalue weighted by Crippen LogP contribution is 2.34. The summed E-state index contributed by atoms with van der Waals surface area (Å²) in [6.45, 7) is 4.01. The van der Waals surface area contributed by atoms with E-state index >= 15 is 0 Å². The van der Waals surface area contributed by atoms with Gasteiger partial charge in [0.1, 0.15) is 12.0 Å². The molecule has 2 aromatic rings. The lowest BCUT2D eigenvalue weighted by molar-refractivity contribution is -0.108. The van der Waals surface area contributed by atoms with Crippen LogP contribution in [0.1, 0.15) is 33.7 Å². The molecule has 23 heavy (non-hydrogen) atoms. The van der Waals surface area contributed by atoms with E-state index in [2.05, 4.69) is 15.3 Å². The van der Waals surface area contributed by atoms with Gasteiger partial charge in [0.15, 0.2) is 5.16 Å². The molecule has 122 valence electrons. The van der Waals surface area contributed by atoms with Crippen molar-refractivity contribution in [3.8, 4) is 0 Å².